The number of rotatable bonds is 4. The molecule has 1 aliphatic heterocycles. The van der Waals surface area contributed by atoms with Crippen LogP contribution in [0, 0.1) is 12.3 Å². The lowest BCUT2D eigenvalue weighted by Crippen LogP contribution is -2.55. The van der Waals surface area contributed by atoms with Gasteiger partial charge in [0.25, 0.3) is 11.5 Å². The summed E-state index contributed by atoms with van der Waals surface area (Å²) in [5, 5.41) is 2.70. The zero-order chi connectivity index (χ0) is 27.6. The summed E-state index contributed by atoms with van der Waals surface area (Å²) in [6.07, 6.45) is -5.44. The molecule has 1 aromatic heterocycles. The number of aromatic amines is 1. The number of nitrogens with zero attached hydrogens (tertiary/aromatic N) is 2. The minimum atomic E-state index is -5.29. The van der Waals surface area contributed by atoms with Gasteiger partial charge in [0.05, 0.1) is 18.4 Å². The van der Waals surface area contributed by atoms with Gasteiger partial charge in [-0.05, 0) is 55.2 Å². The van der Waals surface area contributed by atoms with Crippen LogP contribution < -0.4 is 15.2 Å². The Morgan fingerprint density at radius 3 is 2.13 bits per heavy atom. The van der Waals surface area contributed by atoms with Gasteiger partial charge < -0.3 is 4.74 Å². The molecule has 2 aromatic carbocycles. The normalized spacial score (nSPS) is 21.2. The fourth-order valence-corrected chi connectivity index (χ4v) is 5.69. The number of methoxy groups -OCH3 is 1. The van der Waals surface area contributed by atoms with Crippen LogP contribution in [-0.4, -0.2) is 34.8 Å². The smallest absolute Gasteiger partial charge is 0.411 e. The lowest BCUT2D eigenvalue weighted by molar-refractivity contribution is -0.184. The molecular weight excluding hydrogens is 499 g/mol. The number of Topliss-reactive ketones (excluding diaryl/α,β-unsaturated/α-hetero) is 1. The van der Waals surface area contributed by atoms with Gasteiger partial charge in [0.15, 0.2) is 5.78 Å². The second-order valence-corrected chi connectivity index (χ2v) is 10.4. The Kier molecular flexibility index (Phi) is 5.70. The number of carbonyl (C=O) groups is 2. The Morgan fingerprint density at radius 1 is 0.921 bits per heavy atom. The first-order valence-electron chi connectivity index (χ1n) is 12.0. The summed E-state index contributed by atoms with van der Waals surface area (Å²) in [6.45, 7) is 4.84. The largest absolute Gasteiger partial charge is 0.497 e. The lowest BCUT2D eigenvalue weighted by Gasteiger charge is -2.35. The van der Waals surface area contributed by atoms with Crippen LogP contribution in [-0.2, 0) is 15.0 Å². The predicted octanol–water partition coefficient (Wildman–Crippen LogP) is 4.97. The van der Waals surface area contributed by atoms with E-state index >= 15 is 13.2 Å². The Labute approximate surface area is 216 Å². The van der Waals surface area contributed by atoms with Crippen LogP contribution >= 0.6 is 0 Å². The van der Waals surface area contributed by atoms with E-state index in [1.807, 2.05) is 0 Å². The van der Waals surface area contributed by atoms with Gasteiger partial charge >= 0.3 is 6.18 Å². The number of para-hydroxylation sites is 1. The van der Waals surface area contributed by atoms with Crippen molar-refractivity contribution in [3.63, 3.8) is 0 Å². The van der Waals surface area contributed by atoms with Crippen LogP contribution in [0.3, 0.4) is 0 Å². The maximum absolute atomic E-state index is 15.5. The van der Waals surface area contributed by atoms with Crippen LogP contribution in [0.4, 0.5) is 18.9 Å². The van der Waals surface area contributed by atoms with Crippen LogP contribution in [0.2, 0.25) is 0 Å². The number of aryl methyl sites for hydroxylation is 1. The van der Waals surface area contributed by atoms with Crippen LogP contribution in [0.25, 0.3) is 5.69 Å². The molecule has 1 N–H and O–H groups in total. The Bertz CT molecular complexity index is 1530. The van der Waals surface area contributed by atoms with E-state index in [0.29, 0.717) is 11.4 Å². The molecule has 0 saturated carbocycles. The Morgan fingerprint density at radius 2 is 1.55 bits per heavy atom. The van der Waals surface area contributed by atoms with Crippen molar-refractivity contribution in [3.8, 4) is 11.4 Å². The lowest BCUT2D eigenvalue weighted by atomic mass is 9.66. The molecule has 1 atom stereocenters. The first-order valence-corrected chi connectivity index (χ1v) is 12.0. The minimum Gasteiger partial charge on any atom is -0.497 e. The highest BCUT2D eigenvalue weighted by molar-refractivity contribution is 6.20. The van der Waals surface area contributed by atoms with Gasteiger partial charge in [0.2, 0.25) is 5.41 Å². The summed E-state index contributed by atoms with van der Waals surface area (Å²) in [5.41, 5.74) is -6.41. The van der Waals surface area contributed by atoms with Crippen LogP contribution in [0.1, 0.15) is 37.9 Å². The van der Waals surface area contributed by atoms with Gasteiger partial charge in [0.1, 0.15) is 5.75 Å². The summed E-state index contributed by atoms with van der Waals surface area (Å²) in [4.78, 5) is 42.5. The van der Waals surface area contributed by atoms with Crippen LogP contribution in [0.15, 0.2) is 70.7 Å². The second kappa shape index (κ2) is 8.47. The molecule has 0 radical (unpaired) electrons. The summed E-state index contributed by atoms with van der Waals surface area (Å²) in [6, 6.07) is 14.1. The molecule has 0 saturated heterocycles. The maximum Gasteiger partial charge on any atom is 0.411 e. The number of aromatic nitrogens is 2. The number of hydrogen-bond donors (Lipinski definition) is 1. The van der Waals surface area contributed by atoms with E-state index in [1.54, 1.807) is 44.2 Å². The molecule has 198 valence electrons. The minimum absolute atomic E-state index is 0.0370. The van der Waals surface area contributed by atoms with Crippen molar-refractivity contribution in [1.82, 2.24) is 9.78 Å². The van der Waals surface area contributed by atoms with E-state index in [4.69, 9.17) is 4.74 Å². The molecule has 1 amide bonds. The Balaban J connectivity index is 1.85. The zero-order valence-corrected chi connectivity index (χ0v) is 21.3. The summed E-state index contributed by atoms with van der Waals surface area (Å²) in [7, 11) is 1.44. The van der Waals surface area contributed by atoms with Crippen molar-refractivity contribution in [2.75, 3.05) is 12.0 Å². The molecule has 0 bridgehead atoms. The average Bonchev–Trinajstić information content (AvgIpc) is 3.28. The fourth-order valence-electron chi connectivity index (χ4n) is 5.69. The number of ether oxygens (including phenoxy) is 1. The predicted molar refractivity (Wildman–Crippen MR) is 134 cm³/mol. The van der Waals surface area contributed by atoms with Crippen molar-refractivity contribution in [2.24, 2.45) is 5.41 Å². The van der Waals surface area contributed by atoms with E-state index in [1.165, 1.54) is 38.3 Å². The number of nitrogens with one attached hydrogen (secondary N) is 1. The van der Waals surface area contributed by atoms with E-state index < -0.39 is 45.4 Å². The first kappa shape index (κ1) is 25.6. The Hall–Kier alpha value is -4.08. The number of carbonyl (C=O) groups excluding carboxylic acids is 2. The quantitative estimate of drug-likeness (QED) is 0.521. The van der Waals surface area contributed by atoms with Gasteiger partial charge in [-0.25, -0.2) is 4.68 Å². The molecule has 2 aliphatic rings. The fraction of sp³-hybridized carbons (Fsp3) is 0.321. The third kappa shape index (κ3) is 3.53. The number of H-pyrrole nitrogens is 1. The van der Waals surface area contributed by atoms with E-state index in [9.17, 15) is 14.4 Å². The average molecular weight is 526 g/mol. The number of halogens is 3. The van der Waals surface area contributed by atoms with Crippen molar-refractivity contribution in [2.45, 2.75) is 45.2 Å². The van der Waals surface area contributed by atoms with Crippen LogP contribution in [0.5, 0.6) is 5.75 Å². The third-order valence-electron chi connectivity index (χ3n) is 7.24. The number of hydrogen-bond acceptors (Lipinski definition) is 4. The van der Waals surface area contributed by atoms with Gasteiger partial charge in [0, 0.05) is 29.1 Å². The number of benzene rings is 2. The SMILES string of the molecule is COc1ccc(N2C(=O)C(c3c(C)[nH]n(-c4ccccc4)c3=O)(C(F)(F)F)C3=C2CC(C)(C)CC3=O)cc1. The third-order valence-corrected chi connectivity index (χ3v) is 7.24. The molecule has 3 aromatic rings. The highest BCUT2D eigenvalue weighted by atomic mass is 19.4. The van der Waals surface area contributed by atoms with Gasteiger partial charge in [-0.15, -0.1) is 0 Å². The highest BCUT2D eigenvalue weighted by Crippen LogP contribution is 2.58. The number of ketones is 1. The number of allylic oxidation sites excluding steroid dienone is 1. The molecule has 5 rings (SSSR count). The van der Waals surface area contributed by atoms with Crippen molar-refractivity contribution < 1.29 is 27.5 Å². The molecule has 1 unspecified atom stereocenters. The molecule has 1 aliphatic carbocycles. The van der Waals surface area contributed by atoms with Gasteiger partial charge in [-0.1, -0.05) is 32.0 Å². The molecule has 10 heteroatoms. The molecule has 0 spiro atoms. The number of amides is 1. The summed E-state index contributed by atoms with van der Waals surface area (Å²) in [5.74, 6) is -1.75. The zero-order valence-electron chi connectivity index (χ0n) is 21.3. The second-order valence-electron chi connectivity index (χ2n) is 10.4. The van der Waals surface area contributed by atoms with E-state index in [0.717, 1.165) is 9.58 Å². The molecule has 2 heterocycles. The van der Waals surface area contributed by atoms with E-state index in [-0.39, 0.29) is 29.9 Å². The van der Waals surface area contributed by atoms with Gasteiger partial charge in [-0.2, -0.15) is 13.2 Å². The molecular formula is C28H26F3N3O4. The maximum atomic E-state index is 15.5. The van der Waals surface area contributed by atoms with E-state index in [2.05, 4.69) is 5.10 Å². The topological polar surface area (TPSA) is 84.4 Å². The number of anilines is 1. The standard InChI is InChI=1S/C28H26F3N3O4/c1-16-22(24(36)34(32-16)18-8-6-5-7-9-18)27(28(29,30)31)23-20(14-26(2,3)15-21(23)35)33(25(27)37)17-10-12-19(38-4)13-11-17/h5-13,32H,14-15H2,1-4H3. The van der Waals surface area contributed by atoms with Crippen molar-refractivity contribution in [1.29, 1.82) is 0 Å². The molecule has 0 fully saturated rings. The first-order chi connectivity index (χ1) is 17.8. The molecule has 38 heavy (non-hydrogen) atoms. The summed E-state index contributed by atoms with van der Waals surface area (Å²) >= 11 is 0. The monoisotopic (exact) mass is 525 g/mol. The molecule has 7 nitrogen and oxygen atoms in total. The highest BCUT2D eigenvalue weighted by Gasteiger charge is 2.73. The van der Waals surface area contributed by atoms with Gasteiger partial charge in [-0.3, -0.25) is 24.4 Å². The van der Waals surface area contributed by atoms with Crippen molar-refractivity contribution in [3.05, 3.63) is 87.5 Å². The van der Waals surface area contributed by atoms with Crippen molar-refractivity contribution >= 4 is 17.4 Å². The number of alkyl halides is 3. The summed E-state index contributed by atoms with van der Waals surface area (Å²) < 4.78 is 52.5.